The maximum atomic E-state index is 13.7. The molecule has 2 aliphatic heterocycles. The number of aliphatic hydroxyl groups is 1. The summed E-state index contributed by atoms with van der Waals surface area (Å²) in [6.07, 6.45) is 2.37. The van der Waals surface area contributed by atoms with Gasteiger partial charge in [-0.2, -0.15) is 0 Å². The van der Waals surface area contributed by atoms with Gasteiger partial charge in [0, 0.05) is 37.6 Å². The molecule has 0 saturated carbocycles. The molecule has 38 heavy (non-hydrogen) atoms. The van der Waals surface area contributed by atoms with E-state index in [4.69, 9.17) is 0 Å². The van der Waals surface area contributed by atoms with Gasteiger partial charge in [0.1, 0.15) is 6.04 Å². The Kier molecular flexibility index (Phi) is 6.66. The molecule has 4 atom stereocenters. The molecule has 2 N–H and O–H groups in total. The number of amides is 2. The van der Waals surface area contributed by atoms with Gasteiger partial charge in [-0.05, 0) is 42.0 Å². The van der Waals surface area contributed by atoms with Gasteiger partial charge in [0.2, 0.25) is 5.91 Å². The van der Waals surface area contributed by atoms with Gasteiger partial charge in [-0.1, -0.05) is 42.5 Å². The summed E-state index contributed by atoms with van der Waals surface area (Å²) in [5.41, 5.74) is 5.63. The molecule has 10 heteroatoms. The number of carbonyl (C=O) groups excluding carboxylic acids is 2. The van der Waals surface area contributed by atoms with Gasteiger partial charge >= 0.3 is 0 Å². The number of rotatable bonds is 7. The number of benzene rings is 3. The van der Waals surface area contributed by atoms with Crippen LogP contribution in [0.2, 0.25) is 0 Å². The average molecular weight is 514 g/mol. The van der Waals surface area contributed by atoms with Crippen molar-refractivity contribution in [3.05, 3.63) is 107 Å². The molecule has 0 aromatic heterocycles. The van der Waals surface area contributed by atoms with Gasteiger partial charge in [0.15, 0.2) is 0 Å². The van der Waals surface area contributed by atoms with Crippen LogP contribution < -0.4 is 15.2 Å². The molecule has 0 bridgehead atoms. The minimum absolute atomic E-state index is 0.0769. The summed E-state index contributed by atoms with van der Waals surface area (Å²) < 4.78 is 0. The third kappa shape index (κ3) is 4.51. The predicted molar refractivity (Wildman–Crippen MR) is 143 cm³/mol. The summed E-state index contributed by atoms with van der Waals surface area (Å²) in [5, 5.41) is 24.1. The number of aliphatic hydroxyl groups excluding tert-OH is 1. The van der Waals surface area contributed by atoms with Crippen molar-refractivity contribution < 1.29 is 19.6 Å². The SMILES string of the molecule is CN(C)c1ccc(C(O)C2C=CC3C(=O)N(c4ccccc4)C(=O)C3N2Nc2ccc([N+](=O)[O-])cc2)cc1. The highest BCUT2D eigenvalue weighted by atomic mass is 16.6. The number of nitro benzene ring substituents is 1. The summed E-state index contributed by atoms with van der Waals surface area (Å²) >= 11 is 0. The van der Waals surface area contributed by atoms with Gasteiger partial charge in [-0.3, -0.25) is 19.7 Å². The zero-order chi connectivity index (χ0) is 27.0. The number of carbonyl (C=O) groups is 2. The minimum Gasteiger partial charge on any atom is -0.386 e. The van der Waals surface area contributed by atoms with E-state index in [0.717, 1.165) is 5.69 Å². The molecule has 1 saturated heterocycles. The van der Waals surface area contributed by atoms with Crippen molar-refractivity contribution >= 4 is 34.6 Å². The fourth-order valence-electron chi connectivity index (χ4n) is 4.88. The van der Waals surface area contributed by atoms with E-state index in [9.17, 15) is 24.8 Å². The van der Waals surface area contributed by atoms with Crippen LogP contribution in [0.3, 0.4) is 0 Å². The second-order valence-corrected chi connectivity index (χ2v) is 9.45. The summed E-state index contributed by atoms with van der Waals surface area (Å²) in [6.45, 7) is 0. The Morgan fingerprint density at radius 1 is 0.921 bits per heavy atom. The standard InChI is InChI=1S/C28H27N5O5/c1-30(2)20-12-8-18(9-13-20)26(34)24-17-16-23-25(28(36)31(27(23)35)21-6-4-3-5-7-21)32(24)29-19-10-14-22(15-11-19)33(37)38/h3-17,23-26,29,34H,1-2H3. The van der Waals surface area contributed by atoms with E-state index >= 15 is 0 Å². The maximum absolute atomic E-state index is 13.7. The Morgan fingerprint density at radius 3 is 2.18 bits per heavy atom. The molecule has 2 aliphatic rings. The highest BCUT2D eigenvalue weighted by Gasteiger charge is 2.54. The monoisotopic (exact) mass is 513 g/mol. The van der Waals surface area contributed by atoms with Gasteiger partial charge < -0.3 is 15.4 Å². The van der Waals surface area contributed by atoms with Crippen LogP contribution in [0.4, 0.5) is 22.7 Å². The molecule has 3 aromatic rings. The Hall–Kier alpha value is -4.54. The first-order valence-electron chi connectivity index (χ1n) is 12.1. The largest absolute Gasteiger partial charge is 0.386 e. The zero-order valence-electron chi connectivity index (χ0n) is 20.8. The van der Waals surface area contributed by atoms with Crippen molar-refractivity contribution in [3.8, 4) is 0 Å². The fraction of sp³-hybridized carbons (Fsp3) is 0.214. The van der Waals surface area contributed by atoms with E-state index in [-0.39, 0.29) is 11.6 Å². The number of non-ortho nitro benzene ring substituents is 1. The molecule has 2 heterocycles. The summed E-state index contributed by atoms with van der Waals surface area (Å²) in [4.78, 5) is 40.8. The number of fused-ring (bicyclic) bond motifs is 1. The van der Waals surface area contributed by atoms with Crippen LogP contribution in [0, 0.1) is 16.0 Å². The van der Waals surface area contributed by atoms with Crippen LogP contribution in [0.15, 0.2) is 91.0 Å². The number of nitrogens with zero attached hydrogens (tertiary/aromatic N) is 4. The van der Waals surface area contributed by atoms with Gasteiger partial charge in [0.05, 0.1) is 28.7 Å². The minimum atomic E-state index is -1.04. The van der Waals surface area contributed by atoms with Crippen LogP contribution in [0.5, 0.6) is 0 Å². The highest BCUT2D eigenvalue weighted by molar-refractivity contribution is 6.24. The first-order valence-corrected chi connectivity index (χ1v) is 12.1. The number of hydrogen-bond acceptors (Lipinski definition) is 8. The normalized spacial score (nSPS) is 21.8. The molecule has 3 aromatic carbocycles. The Labute approximate surface area is 219 Å². The van der Waals surface area contributed by atoms with E-state index < -0.39 is 34.9 Å². The van der Waals surface area contributed by atoms with Crippen molar-refractivity contribution in [2.45, 2.75) is 18.2 Å². The average Bonchev–Trinajstić information content (AvgIpc) is 3.19. The van der Waals surface area contributed by atoms with Gasteiger partial charge in [0.25, 0.3) is 11.6 Å². The third-order valence-corrected chi connectivity index (χ3v) is 6.88. The second-order valence-electron chi connectivity index (χ2n) is 9.45. The lowest BCUT2D eigenvalue weighted by molar-refractivity contribution is -0.384. The lowest BCUT2D eigenvalue weighted by Crippen LogP contribution is -2.55. The number of imide groups is 1. The molecule has 194 valence electrons. The van der Waals surface area contributed by atoms with Crippen molar-refractivity contribution in [3.63, 3.8) is 0 Å². The topological polar surface area (TPSA) is 119 Å². The smallest absolute Gasteiger partial charge is 0.269 e. The molecule has 4 unspecified atom stereocenters. The number of para-hydroxylation sites is 1. The number of hydrogen-bond donors (Lipinski definition) is 2. The molecule has 0 spiro atoms. The van der Waals surface area contributed by atoms with E-state index in [1.807, 2.05) is 43.3 Å². The molecular weight excluding hydrogens is 486 g/mol. The highest BCUT2D eigenvalue weighted by Crippen LogP contribution is 2.38. The van der Waals surface area contributed by atoms with Crippen molar-refractivity contribution in [1.82, 2.24) is 5.01 Å². The number of hydrazine groups is 1. The van der Waals surface area contributed by atoms with Crippen LogP contribution in [-0.4, -0.2) is 53.0 Å². The predicted octanol–water partition coefficient (Wildman–Crippen LogP) is 3.52. The van der Waals surface area contributed by atoms with Crippen LogP contribution in [0.25, 0.3) is 0 Å². The molecule has 0 radical (unpaired) electrons. The van der Waals surface area contributed by atoms with E-state index in [0.29, 0.717) is 16.9 Å². The first kappa shape index (κ1) is 25.1. The Morgan fingerprint density at radius 2 is 1.58 bits per heavy atom. The number of nitrogens with one attached hydrogen (secondary N) is 1. The Bertz CT molecular complexity index is 1380. The van der Waals surface area contributed by atoms with Crippen molar-refractivity contribution in [1.29, 1.82) is 0 Å². The first-order chi connectivity index (χ1) is 18.3. The summed E-state index contributed by atoms with van der Waals surface area (Å²) in [5.74, 6) is -1.56. The van der Waals surface area contributed by atoms with Crippen LogP contribution in [-0.2, 0) is 9.59 Å². The van der Waals surface area contributed by atoms with Gasteiger partial charge in [-0.25, -0.2) is 9.91 Å². The molecule has 2 amide bonds. The zero-order valence-corrected chi connectivity index (χ0v) is 20.8. The molecule has 5 rings (SSSR count). The van der Waals surface area contributed by atoms with E-state index in [1.54, 1.807) is 47.5 Å². The van der Waals surface area contributed by atoms with Crippen molar-refractivity contribution in [2.24, 2.45) is 5.92 Å². The lowest BCUT2D eigenvalue weighted by Gasteiger charge is -2.40. The van der Waals surface area contributed by atoms with Gasteiger partial charge in [-0.15, -0.1) is 0 Å². The quantitative estimate of drug-likeness (QED) is 0.213. The second kappa shape index (κ2) is 10.1. The van der Waals surface area contributed by atoms with E-state index in [2.05, 4.69) is 5.43 Å². The summed E-state index contributed by atoms with van der Waals surface area (Å²) in [7, 11) is 3.85. The van der Waals surface area contributed by atoms with Crippen molar-refractivity contribution in [2.75, 3.05) is 29.3 Å². The van der Waals surface area contributed by atoms with Crippen LogP contribution in [0.1, 0.15) is 11.7 Å². The molecule has 1 fully saturated rings. The number of anilines is 3. The van der Waals surface area contributed by atoms with E-state index in [1.165, 1.54) is 29.2 Å². The van der Waals surface area contributed by atoms with Crippen LogP contribution >= 0.6 is 0 Å². The lowest BCUT2D eigenvalue weighted by atomic mass is 9.90. The summed E-state index contributed by atoms with van der Waals surface area (Å²) in [6, 6.07) is 20.2. The molecule has 10 nitrogen and oxygen atoms in total. The number of nitro groups is 1. The fourth-order valence-corrected chi connectivity index (χ4v) is 4.88. The molecular formula is C28H27N5O5. The Balaban J connectivity index is 1.52. The third-order valence-electron chi connectivity index (χ3n) is 6.88. The molecule has 0 aliphatic carbocycles. The maximum Gasteiger partial charge on any atom is 0.269 e.